The van der Waals surface area contributed by atoms with Crippen molar-refractivity contribution in [3.8, 4) is 0 Å². The first-order valence-corrected chi connectivity index (χ1v) is 15.1. The Kier molecular flexibility index (Phi) is 25.6. The standard InChI is InChI=1S/C30H61NO2/c1-4-6-8-10-12-14-16-18-20-22-24-26-29(32)28(3)31-30(33)27-25-23-21-19-17-15-13-11-9-7-5-2/h28-29,32H,4-27H2,1-3H3,(H,31,33). The Morgan fingerprint density at radius 3 is 1.30 bits per heavy atom. The smallest absolute Gasteiger partial charge is 0.220 e. The lowest BCUT2D eigenvalue weighted by Gasteiger charge is -2.20. The largest absolute Gasteiger partial charge is 0.391 e. The van der Waals surface area contributed by atoms with E-state index in [0.29, 0.717) is 6.42 Å². The molecule has 1 amide bonds. The van der Waals surface area contributed by atoms with Gasteiger partial charge in [0.15, 0.2) is 0 Å². The van der Waals surface area contributed by atoms with Gasteiger partial charge in [-0.1, -0.05) is 149 Å². The maximum atomic E-state index is 12.2. The van der Waals surface area contributed by atoms with Gasteiger partial charge in [0.05, 0.1) is 12.1 Å². The maximum Gasteiger partial charge on any atom is 0.220 e. The molecule has 198 valence electrons. The second kappa shape index (κ2) is 26.0. The van der Waals surface area contributed by atoms with Gasteiger partial charge in [-0.3, -0.25) is 4.79 Å². The molecule has 2 N–H and O–H groups in total. The molecule has 2 atom stereocenters. The monoisotopic (exact) mass is 467 g/mol. The summed E-state index contributed by atoms with van der Waals surface area (Å²) in [6, 6.07) is -0.131. The van der Waals surface area contributed by atoms with Crippen molar-refractivity contribution in [3.05, 3.63) is 0 Å². The molecule has 0 rings (SSSR count). The highest BCUT2D eigenvalue weighted by molar-refractivity contribution is 5.76. The van der Waals surface area contributed by atoms with E-state index in [2.05, 4.69) is 19.2 Å². The van der Waals surface area contributed by atoms with Gasteiger partial charge < -0.3 is 10.4 Å². The first kappa shape index (κ1) is 32.4. The van der Waals surface area contributed by atoms with Crippen molar-refractivity contribution < 1.29 is 9.90 Å². The first-order chi connectivity index (χ1) is 16.1. The zero-order valence-corrected chi connectivity index (χ0v) is 23.0. The molecular formula is C30H61NO2. The molecule has 0 aliphatic rings. The Morgan fingerprint density at radius 1 is 0.576 bits per heavy atom. The van der Waals surface area contributed by atoms with Crippen LogP contribution < -0.4 is 5.32 Å². The van der Waals surface area contributed by atoms with E-state index < -0.39 is 6.10 Å². The number of carbonyl (C=O) groups excluding carboxylic acids is 1. The quantitative estimate of drug-likeness (QED) is 0.124. The number of hydrogen-bond acceptors (Lipinski definition) is 2. The molecule has 0 heterocycles. The number of unbranched alkanes of at least 4 members (excludes halogenated alkanes) is 20. The number of aliphatic hydroxyl groups excluding tert-OH is 1. The molecule has 0 aromatic rings. The van der Waals surface area contributed by atoms with Gasteiger partial charge in [-0.25, -0.2) is 0 Å². The summed E-state index contributed by atoms with van der Waals surface area (Å²) in [4.78, 5) is 12.2. The lowest BCUT2D eigenvalue weighted by molar-refractivity contribution is -0.122. The average Bonchev–Trinajstić information content (AvgIpc) is 2.80. The number of hydrogen-bond donors (Lipinski definition) is 2. The van der Waals surface area contributed by atoms with E-state index in [1.807, 2.05) is 6.92 Å². The number of aliphatic hydroxyl groups is 1. The molecule has 0 spiro atoms. The molecular weight excluding hydrogens is 406 g/mol. The van der Waals surface area contributed by atoms with Gasteiger partial charge in [-0.05, 0) is 19.8 Å². The van der Waals surface area contributed by atoms with Crippen LogP contribution in [0.3, 0.4) is 0 Å². The van der Waals surface area contributed by atoms with Crippen molar-refractivity contribution in [2.24, 2.45) is 0 Å². The molecule has 33 heavy (non-hydrogen) atoms. The van der Waals surface area contributed by atoms with E-state index in [1.165, 1.54) is 122 Å². The van der Waals surface area contributed by atoms with Crippen LogP contribution in [0.1, 0.15) is 175 Å². The second-order valence-electron chi connectivity index (χ2n) is 10.5. The van der Waals surface area contributed by atoms with Gasteiger partial charge in [0.2, 0.25) is 5.91 Å². The van der Waals surface area contributed by atoms with E-state index in [9.17, 15) is 9.90 Å². The fourth-order valence-corrected chi connectivity index (χ4v) is 4.64. The third-order valence-corrected chi connectivity index (χ3v) is 7.08. The maximum absolute atomic E-state index is 12.2. The Bertz CT molecular complexity index is 399. The molecule has 0 saturated heterocycles. The second-order valence-corrected chi connectivity index (χ2v) is 10.5. The van der Waals surface area contributed by atoms with Crippen molar-refractivity contribution in [3.63, 3.8) is 0 Å². The fourth-order valence-electron chi connectivity index (χ4n) is 4.64. The Labute approximate surface area is 208 Å². The molecule has 0 aliphatic heterocycles. The van der Waals surface area contributed by atoms with Crippen LogP contribution in [0.15, 0.2) is 0 Å². The van der Waals surface area contributed by atoms with Crippen molar-refractivity contribution in [1.29, 1.82) is 0 Å². The summed E-state index contributed by atoms with van der Waals surface area (Å²) in [7, 11) is 0. The fraction of sp³-hybridized carbons (Fsp3) is 0.967. The molecule has 0 aromatic carbocycles. The van der Waals surface area contributed by atoms with E-state index in [1.54, 1.807) is 0 Å². The van der Waals surface area contributed by atoms with Gasteiger partial charge in [0, 0.05) is 6.42 Å². The molecule has 0 bridgehead atoms. The van der Waals surface area contributed by atoms with Crippen molar-refractivity contribution in [2.45, 2.75) is 187 Å². The molecule has 0 aromatic heterocycles. The third kappa shape index (κ3) is 24.4. The minimum absolute atomic E-state index is 0.108. The highest BCUT2D eigenvalue weighted by Gasteiger charge is 2.15. The Balaban J connectivity index is 3.45. The van der Waals surface area contributed by atoms with Gasteiger partial charge in [0.25, 0.3) is 0 Å². The minimum atomic E-state index is -0.412. The Hall–Kier alpha value is -0.570. The van der Waals surface area contributed by atoms with Gasteiger partial charge in [-0.15, -0.1) is 0 Å². The summed E-state index contributed by atoms with van der Waals surface area (Å²) in [6.07, 6.45) is 29.8. The molecule has 3 nitrogen and oxygen atoms in total. The van der Waals surface area contributed by atoms with Gasteiger partial charge >= 0.3 is 0 Å². The highest BCUT2D eigenvalue weighted by Crippen LogP contribution is 2.14. The predicted molar refractivity (Wildman–Crippen MR) is 146 cm³/mol. The molecule has 3 heteroatoms. The van der Waals surface area contributed by atoms with Gasteiger partial charge in [-0.2, -0.15) is 0 Å². The SMILES string of the molecule is CCCCCCCCCCCCCC(=O)NC(C)C(O)CCCCCCCCCCCCC. The lowest BCUT2D eigenvalue weighted by atomic mass is 10.0. The summed E-state index contributed by atoms with van der Waals surface area (Å²) in [6.45, 7) is 6.48. The summed E-state index contributed by atoms with van der Waals surface area (Å²) in [5.74, 6) is 0.108. The van der Waals surface area contributed by atoms with Crippen LogP contribution >= 0.6 is 0 Å². The topological polar surface area (TPSA) is 49.3 Å². The summed E-state index contributed by atoms with van der Waals surface area (Å²) in [5, 5.41) is 13.4. The number of amides is 1. The van der Waals surface area contributed by atoms with Crippen LogP contribution in [-0.2, 0) is 4.79 Å². The zero-order chi connectivity index (χ0) is 24.4. The van der Waals surface area contributed by atoms with E-state index in [4.69, 9.17) is 0 Å². The van der Waals surface area contributed by atoms with Crippen molar-refractivity contribution in [2.75, 3.05) is 0 Å². The normalized spacial score (nSPS) is 13.2. The zero-order valence-electron chi connectivity index (χ0n) is 23.0. The van der Waals surface area contributed by atoms with Crippen LogP contribution in [0.2, 0.25) is 0 Å². The van der Waals surface area contributed by atoms with E-state index in [0.717, 1.165) is 25.7 Å². The van der Waals surface area contributed by atoms with Crippen molar-refractivity contribution >= 4 is 5.91 Å². The molecule has 0 fully saturated rings. The van der Waals surface area contributed by atoms with E-state index >= 15 is 0 Å². The van der Waals surface area contributed by atoms with Crippen LogP contribution in [0.4, 0.5) is 0 Å². The molecule has 2 unspecified atom stereocenters. The summed E-state index contributed by atoms with van der Waals surface area (Å²) < 4.78 is 0. The lowest BCUT2D eigenvalue weighted by Crippen LogP contribution is -2.41. The Morgan fingerprint density at radius 2 is 0.909 bits per heavy atom. The van der Waals surface area contributed by atoms with Gasteiger partial charge in [0.1, 0.15) is 0 Å². The predicted octanol–water partition coefficient (Wildman–Crippen LogP) is 9.25. The van der Waals surface area contributed by atoms with Crippen molar-refractivity contribution in [1.82, 2.24) is 5.32 Å². The van der Waals surface area contributed by atoms with E-state index in [-0.39, 0.29) is 11.9 Å². The summed E-state index contributed by atoms with van der Waals surface area (Å²) in [5.41, 5.74) is 0. The average molecular weight is 468 g/mol. The molecule has 0 aliphatic carbocycles. The van der Waals surface area contributed by atoms with Crippen LogP contribution in [-0.4, -0.2) is 23.2 Å². The number of nitrogens with one attached hydrogen (secondary N) is 1. The van der Waals surface area contributed by atoms with Crippen LogP contribution in [0.25, 0.3) is 0 Å². The number of carbonyl (C=O) groups is 1. The first-order valence-electron chi connectivity index (χ1n) is 15.1. The van der Waals surface area contributed by atoms with Crippen LogP contribution in [0.5, 0.6) is 0 Å². The number of rotatable bonds is 26. The molecule has 0 radical (unpaired) electrons. The molecule has 0 saturated carbocycles. The highest BCUT2D eigenvalue weighted by atomic mass is 16.3. The minimum Gasteiger partial charge on any atom is -0.391 e. The third-order valence-electron chi connectivity index (χ3n) is 7.08. The van der Waals surface area contributed by atoms with Crippen LogP contribution in [0, 0.1) is 0 Å². The summed E-state index contributed by atoms with van der Waals surface area (Å²) >= 11 is 0.